The molecule has 1 aliphatic heterocycles. The van der Waals surface area contributed by atoms with Crippen molar-refractivity contribution < 1.29 is 14.0 Å². The summed E-state index contributed by atoms with van der Waals surface area (Å²) in [6.07, 6.45) is 3.04. The number of amides is 1. The topological polar surface area (TPSA) is 38.8 Å². The lowest BCUT2D eigenvalue weighted by molar-refractivity contribution is 0.102. The smallest absolute Gasteiger partial charge is 0.410 e. The van der Waals surface area contributed by atoms with E-state index in [9.17, 15) is 4.79 Å². The number of likely N-dealkylation sites (tertiary alicyclic amines) is 1. The number of benzene rings is 1. The molecule has 1 amide bonds. The van der Waals surface area contributed by atoms with Crippen LogP contribution in [-0.2, 0) is 15.8 Å². The van der Waals surface area contributed by atoms with Crippen LogP contribution in [0.1, 0.15) is 32.8 Å². The fraction of sp³-hybridized carbons (Fsp3) is 0.571. The number of hydrogen-bond acceptors (Lipinski definition) is 3. The number of nitrogens with zero attached hydrogens (tertiary/aromatic N) is 1. The summed E-state index contributed by atoms with van der Waals surface area (Å²) in [5.74, 6) is 1.91. The van der Waals surface area contributed by atoms with Gasteiger partial charge in [0, 0.05) is 19.0 Å². The maximum absolute atomic E-state index is 12.5. The average molecular weight is 374 g/mol. The van der Waals surface area contributed by atoms with Crippen LogP contribution in [0.5, 0.6) is 0 Å². The fourth-order valence-electron chi connectivity index (χ4n) is 3.38. The number of carbonyl (C=O) groups is 1. The molecule has 2 unspecified atom stereocenters. The summed E-state index contributed by atoms with van der Waals surface area (Å²) >= 11 is 0. The molecular weight excluding hydrogens is 342 g/mol. The predicted octanol–water partition coefficient (Wildman–Crippen LogP) is 5.18. The summed E-state index contributed by atoms with van der Waals surface area (Å²) in [5, 5.41) is 0.179. The number of hydrogen-bond donors (Lipinski definition) is 0. The maximum Gasteiger partial charge on any atom is 0.410 e. The van der Waals surface area contributed by atoms with Crippen molar-refractivity contribution in [1.29, 1.82) is 0 Å². The lowest BCUT2D eigenvalue weighted by Gasteiger charge is -2.38. The standard InChI is InChI=1S/C21H31NO3Si/c1-21(2,3)26(4,5)25-19-12-11-17-13-22(14-18(17)19)20(23)24-15-16-9-7-6-8-10-16/h6-10,12,17-18H,11,13-15H2,1-5H3. The normalized spacial score (nSPS) is 22.8. The van der Waals surface area contributed by atoms with Gasteiger partial charge in [-0.3, -0.25) is 0 Å². The van der Waals surface area contributed by atoms with E-state index >= 15 is 0 Å². The number of allylic oxidation sites excluding steroid dienone is 1. The van der Waals surface area contributed by atoms with Gasteiger partial charge in [0.15, 0.2) is 0 Å². The van der Waals surface area contributed by atoms with Crippen LogP contribution in [0.25, 0.3) is 0 Å². The van der Waals surface area contributed by atoms with Crippen LogP contribution >= 0.6 is 0 Å². The Morgan fingerprint density at radius 2 is 1.88 bits per heavy atom. The first-order valence-corrected chi connectivity index (χ1v) is 12.4. The van der Waals surface area contributed by atoms with E-state index in [2.05, 4.69) is 39.9 Å². The fourth-order valence-corrected chi connectivity index (χ4v) is 4.51. The minimum absolute atomic E-state index is 0.179. The van der Waals surface area contributed by atoms with Crippen LogP contribution in [0.2, 0.25) is 18.1 Å². The van der Waals surface area contributed by atoms with E-state index in [-0.39, 0.29) is 11.1 Å². The maximum atomic E-state index is 12.5. The molecule has 0 N–H and O–H groups in total. The van der Waals surface area contributed by atoms with E-state index in [1.807, 2.05) is 35.2 Å². The summed E-state index contributed by atoms with van der Waals surface area (Å²) < 4.78 is 12.1. The van der Waals surface area contributed by atoms with E-state index in [4.69, 9.17) is 9.16 Å². The highest BCUT2D eigenvalue weighted by molar-refractivity contribution is 6.74. The Kier molecular flexibility index (Phi) is 5.20. The van der Waals surface area contributed by atoms with Crippen LogP contribution in [0.3, 0.4) is 0 Å². The molecule has 0 aromatic heterocycles. The van der Waals surface area contributed by atoms with Gasteiger partial charge in [-0.05, 0) is 42.1 Å². The second-order valence-electron chi connectivity index (χ2n) is 9.02. The molecule has 1 aliphatic carbocycles. The molecule has 1 saturated heterocycles. The first kappa shape index (κ1) is 19.0. The van der Waals surface area contributed by atoms with Crippen LogP contribution in [0, 0.1) is 11.8 Å². The minimum Gasteiger partial charge on any atom is -0.546 e. The van der Waals surface area contributed by atoms with Gasteiger partial charge in [0.25, 0.3) is 0 Å². The third-order valence-electron chi connectivity index (χ3n) is 6.07. The zero-order chi connectivity index (χ0) is 18.9. The Morgan fingerprint density at radius 3 is 2.54 bits per heavy atom. The highest BCUT2D eigenvalue weighted by atomic mass is 28.4. The molecule has 1 aromatic carbocycles. The van der Waals surface area contributed by atoms with Crippen molar-refractivity contribution in [3.63, 3.8) is 0 Å². The van der Waals surface area contributed by atoms with Crippen molar-refractivity contribution in [3.05, 3.63) is 47.7 Å². The third kappa shape index (κ3) is 3.98. The largest absolute Gasteiger partial charge is 0.546 e. The van der Waals surface area contributed by atoms with Crippen molar-refractivity contribution in [2.45, 2.75) is 51.9 Å². The predicted molar refractivity (Wildman–Crippen MR) is 106 cm³/mol. The van der Waals surface area contributed by atoms with E-state index < -0.39 is 8.32 Å². The van der Waals surface area contributed by atoms with E-state index in [0.717, 1.165) is 24.3 Å². The molecule has 4 nitrogen and oxygen atoms in total. The van der Waals surface area contributed by atoms with E-state index in [1.54, 1.807) is 0 Å². The van der Waals surface area contributed by atoms with Crippen molar-refractivity contribution in [1.82, 2.24) is 4.90 Å². The zero-order valence-corrected chi connectivity index (χ0v) is 17.6. The number of rotatable bonds is 4. The highest BCUT2D eigenvalue weighted by Crippen LogP contribution is 2.44. The van der Waals surface area contributed by atoms with Crippen molar-refractivity contribution in [3.8, 4) is 0 Å². The Bertz CT molecular complexity index is 678. The second-order valence-corrected chi connectivity index (χ2v) is 13.7. The summed E-state index contributed by atoms with van der Waals surface area (Å²) in [7, 11) is -1.84. The van der Waals surface area contributed by atoms with Gasteiger partial charge >= 0.3 is 6.09 Å². The first-order chi connectivity index (χ1) is 12.2. The molecule has 3 rings (SSSR count). The number of fused-ring (bicyclic) bond motifs is 1. The molecule has 0 bridgehead atoms. The number of carbonyl (C=O) groups excluding carboxylic acids is 1. The quantitative estimate of drug-likeness (QED) is 0.683. The molecule has 0 saturated carbocycles. The lowest BCUT2D eigenvalue weighted by Crippen LogP contribution is -2.41. The lowest BCUT2D eigenvalue weighted by atomic mass is 9.99. The molecule has 5 heteroatoms. The molecule has 0 spiro atoms. The van der Waals surface area contributed by atoms with Crippen LogP contribution in [-0.4, -0.2) is 32.4 Å². The molecule has 1 fully saturated rings. The average Bonchev–Trinajstić information content (AvgIpc) is 3.14. The Labute approximate surface area is 158 Å². The summed E-state index contributed by atoms with van der Waals surface area (Å²) in [4.78, 5) is 14.3. The Hall–Kier alpha value is -1.75. The first-order valence-electron chi connectivity index (χ1n) is 9.52. The summed E-state index contributed by atoms with van der Waals surface area (Å²) in [5.41, 5.74) is 1.02. The van der Waals surface area contributed by atoms with Gasteiger partial charge in [0.05, 0.1) is 5.76 Å². The van der Waals surface area contributed by atoms with Gasteiger partial charge < -0.3 is 14.1 Å². The molecular formula is C21H31NO3Si. The van der Waals surface area contributed by atoms with Gasteiger partial charge in [0.2, 0.25) is 8.32 Å². The van der Waals surface area contributed by atoms with Crippen LogP contribution in [0.15, 0.2) is 42.2 Å². The minimum atomic E-state index is -1.84. The zero-order valence-electron chi connectivity index (χ0n) is 16.6. The SMILES string of the molecule is CC(C)(C)[Si](C)(C)OC1=CCC2CN(C(=O)OCc3ccccc3)CC12. The summed E-state index contributed by atoms with van der Waals surface area (Å²) in [6, 6.07) is 9.82. The van der Waals surface area contributed by atoms with Crippen molar-refractivity contribution in [2.24, 2.45) is 11.8 Å². The third-order valence-corrected chi connectivity index (χ3v) is 10.4. The Morgan fingerprint density at radius 1 is 1.19 bits per heavy atom. The van der Waals surface area contributed by atoms with Gasteiger partial charge in [-0.25, -0.2) is 4.79 Å². The molecule has 1 aromatic rings. The van der Waals surface area contributed by atoms with E-state index in [1.165, 1.54) is 0 Å². The molecule has 26 heavy (non-hydrogen) atoms. The Balaban J connectivity index is 1.56. The molecule has 1 heterocycles. The van der Waals surface area contributed by atoms with Crippen molar-refractivity contribution >= 4 is 14.4 Å². The molecule has 2 aliphatic rings. The molecule has 2 atom stereocenters. The van der Waals surface area contributed by atoms with Crippen molar-refractivity contribution in [2.75, 3.05) is 13.1 Å². The second kappa shape index (κ2) is 7.10. The van der Waals surface area contributed by atoms with Gasteiger partial charge in [-0.1, -0.05) is 51.1 Å². The van der Waals surface area contributed by atoms with Gasteiger partial charge in [0.1, 0.15) is 6.61 Å². The van der Waals surface area contributed by atoms with Crippen LogP contribution in [0.4, 0.5) is 4.79 Å². The number of ether oxygens (including phenoxy) is 1. The highest BCUT2D eigenvalue weighted by Gasteiger charge is 2.46. The summed E-state index contributed by atoms with van der Waals surface area (Å²) in [6.45, 7) is 13.1. The van der Waals surface area contributed by atoms with Crippen LogP contribution < -0.4 is 0 Å². The monoisotopic (exact) mass is 373 g/mol. The van der Waals surface area contributed by atoms with Gasteiger partial charge in [-0.2, -0.15) is 0 Å². The van der Waals surface area contributed by atoms with Gasteiger partial charge in [-0.15, -0.1) is 0 Å². The molecule has 0 radical (unpaired) electrons. The van der Waals surface area contributed by atoms with E-state index in [0.29, 0.717) is 25.0 Å². The molecule has 142 valence electrons.